The van der Waals surface area contributed by atoms with Gasteiger partial charge in [0, 0.05) is 52.4 Å². The average molecular weight is 367 g/mol. The Bertz CT molecular complexity index is 607. The van der Waals surface area contributed by atoms with Crippen molar-refractivity contribution in [3.05, 3.63) is 16.3 Å². The molecule has 0 unspecified atom stereocenters. The maximum Gasteiger partial charge on any atom is 0.345 e. The van der Waals surface area contributed by atoms with Crippen molar-refractivity contribution in [3.63, 3.8) is 0 Å². The molecule has 2 heterocycles. The van der Waals surface area contributed by atoms with E-state index in [0.29, 0.717) is 13.1 Å². The van der Waals surface area contributed by atoms with E-state index in [1.54, 1.807) is 4.68 Å². The van der Waals surface area contributed by atoms with E-state index in [4.69, 9.17) is 4.74 Å². The molecule has 0 saturated heterocycles. The number of guanidine groups is 1. The molecule has 0 spiro atoms. The average Bonchev–Trinajstić information content (AvgIpc) is 2.97. The molecular formula is C18H34N6O2. The smallest absolute Gasteiger partial charge is 0.345 e. The van der Waals surface area contributed by atoms with Crippen LogP contribution in [0.25, 0.3) is 0 Å². The molecule has 8 heteroatoms. The molecule has 0 bridgehead atoms. The molecular weight excluding hydrogens is 332 g/mol. The fraction of sp³-hybridized carbons (Fsp3) is 0.833. The summed E-state index contributed by atoms with van der Waals surface area (Å²) in [6.07, 6.45) is 6.03. The van der Waals surface area contributed by atoms with Crippen molar-refractivity contribution in [2.75, 3.05) is 32.8 Å². The summed E-state index contributed by atoms with van der Waals surface area (Å²) >= 11 is 0. The van der Waals surface area contributed by atoms with Crippen molar-refractivity contribution in [3.8, 4) is 0 Å². The number of unbranched alkanes of at least 4 members (excludes halogenated alkanes) is 1. The molecule has 8 nitrogen and oxygen atoms in total. The van der Waals surface area contributed by atoms with E-state index in [0.717, 1.165) is 83.2 Å². The highest BCUT2D eigenvalue weighted by Gasteiger charge is 2.15. The number of aryl methyl sites for hydroxylation is 2. The molecule has 0 saturated carbocycles. The van der Waals surface area contributed by atoms with Crippen LogP contribution in [0, 0.1) is 0 Å². The van der Waals surface area contributed by atoms with Gasteiger partial charge in [-0.15, -0.1) is 0 Å². The number of rotatable bonds is 11. The Balaban J connectivity index is 1.72. The number of aliphatic imine (C=N–C) groups is 1. The van der Waals surface area contributed by atoms with Crippen LogP contribution in [-0.2, 0) is 24.2 Å². The van der Waals surface area contributed by atoms with Gasteiger partial charge in [0.2, 0.25) is 0 Å². The van der Waals surface area contributed by atoms with Crippen LogP contribution in [0.1, 0.15) is 51.8 Å². The van der Waals surface area contributed by atoms with Crippen LogP contribution in [0.3, 0.4) is 0 Å². The fourth-order valence-electron chi connectivity index (χ4n) is 3.03. The summed E-state index contributed by atoms with van der Waals surface area (Å²) in [5.41, 5.74) is 0.0306. The zero-order valence-corrected chi connectivity index (χ0v) is 16.3. The van der Waals surface area contributed by atoms with E-state index in [2.05, 4.69) is 27.6 Å². The van der Waals surface area contributed by atoms with Crippen molar-refractivity contribution >= 4 is 5.96 Å². The van der Waals surface area contributed by atoms with Gasteiger partial charge in [-0.1, -0.05) is 0 Å². The first kappa shape index (κ1) is 20.5. The first-order chi connectivity index (χ1) is 12.8. The monoisotopic (exact) mass is 366 g/mol. The van der Waals surface area contributed by atoms with Crippen LogP contribution in [-0.4, -0.2) is 53.2 Å². The van der Waals surface area contributed by atoms with Crippen LogP contribution < -0.4 is 16.3 Å². The Morgan fingerprint density at radius 3 is 2.88 bits per heavy atom. The third kappa shape index (κ3) is 6.48. The van der Waals surface area contributed by atoms with Gasteiger partial charge in [0.1, 0.15) is 5.82 Å². The standard InChI is InChI=1S/C18H34N6O2/c1-3-19-17(20-11-6-8-15-26-4-2)21-12-9-14-24-18(25)23-13-7-5-10-16(23)22-24/h3-15H2,1-2H3,(H2,19,20,21). The number of nitrogens with zero attached hydrogens (tertiary/aromatic N) is 4. The van der Waals surface area contributed by atoms with Gasteiger partial charge in [-0.2, -0.15) is 5.10 Å². The lowest BCUT2D eigenvalue weighted by atomic mass is 10.2. The highest BCUT2D eigenvalue weighted by Crippen LogP contribution is 2.09. The number of nitrogens with one attached hydrogen (secondary N) is 2. The quantitative estimate of drug-likeness (QED) is 0.348. The van der Waals surface area contributed by atoms with E-state index in [-0.39, 0.29) is 5.69 Å². The van der Waals surface area contributed by atoms with Gasteiger partial charge >= 0.3 is 5.69 Å². The predicted molar refractivity (Wildman–Crippen MR) is 104 cm³/mol. The van der Waals surface area contributed by atoms with Crippen molar-refractivity contribution in [1.29, 1.82) is 0 Å². The van der Waals surface area contributed by atoms with Gasteiger partial charge in [0.15, 0.2) is 5.96 Å². The van der Waals surface area contributed by atoms with Gasteiger partial charge < -0.3 is 15.4 Å². The van der Waals surface area contributed by atoms with Crippen molar-refractivity contribution in [1.82, 2.24) is 25.0 Å². The molecule has 1 aromatic heterocycles. The highest BCUT2D eigenvalue weighted by molar-refractivity contribution is 5.79. The SMILES string of the molecule is CCNC(=NCCCn1nc2n(c1=O)CCCC2)NCCCCOCC. The minimum Gasteiger partial charge on any atom is -0.382 e. The Morgan fingerprint density at radius 2 is 2.12 bits per heavy atom. The Hall–Kier alpha value is -1.83. The summed E-state index contributed by atoms with van der Waals surface area (Å²) in [6.45, 7) is 9.48. The highest BCUT2D eigenvalue weighted by atomic mass is 16.5. The van der Waals surface area contributed by atoms with Gasteiger partial charge in [-0.3, -0.25) is 9.56 Å². The van der Waals surface area contributed by atoms with Crippen LogP contribution in [0.15, 0.2) is 9.79 Å². The third-order valence-electron chi connectivity index (χ3n) is 4.39. The van der Waals surface area contributed by atoms with E-state index < -0.39 is 0 Å². The summed E-state index contributed by atoms with van der Waals surface area (Å²) in [5.74, 6) is 1.77. The number of hydrogen-bond acceptors (Lipinski definition) is 4. The Kier molecular flexibility index (Phi) is 9.23. The number of ether oxygens (including phenoxy) is 1. The minimum absolute atomic E-state index is 0.0306. The summed E-state index contributed by atoms with van der Waals surface area (Å²) in [5, 5.41) is 11.1. The van der Waals surface area contributed by atoms with Gasteiger partial charge in [-0.25, -0.2) is 9.48 Å². The molecule has 148 valence electrons. The minimum atomic E-state index is 0.0306. The lowest BCUT2D eigenvalue weighted by Crippen LogP contribution is -2.38. The predicted octanol–water partition coefficient (Wildman–Crippen LogP) is 1.14. The van der Waals surface area contributed by atoms with Gasteiger partial charge in [0.25, 0.3) is 0 Å². The molecule has 0 amide bonds. The van der Waals surface area contributed by atoms with E-state index >= 15 is 0 Å². The third-order valence-corrected chi connectivity index (χ3v) is 4.39. The summed E-state index contributed by atoms with van der Waals surface area (Å²) in [7, 11) is 0. The van der Waals surface area contributed by atoms with Crippen molar-refractivity contribution in [2.24, 2.45) is 4.99 Å². The molecule has 2 N–H and O–H groups in total. The van der Waals surface area contributed by atoms with E-state index in [1.807, 2.05) is 11.5 Å². The van der Waals surface area contributed by atoms with Crippen molar-refractivity contribution < 1.29 is 4.74 Å². The number of aromatic nitrogens is 3. The molecule has 1 aliphatic rings. The van der Waals surface area contributed by atoms with Gasteiger partial charge in [-0.05, 0) is 46.0 Å². The van der Waals surface area contributed by atoms with Crippen LogP contribution >= 0.6 is 0 Å². The second-order valence-electron chi connectivity index (χ2n) is 6.48. The maximum absolute atomic E-state index is 12.3. The maximum atomic E-state index is 12.3. The largest absolute Gasteiger partial charge is 0.382 e. The van der Waals surface area contributed by atoms with Crippen LogP contribution in [0.2, 0.25) is 0 Å². The summed E-state index contributed by atoms with van der Waals surface area (Å²) < 4.78 is 8.76. The first-order valence-electron chi connectivity index (χ1n) is 10.0. The first-order valence-corrected chi connectivity index (χ1v) is 10.0. The molecule has 0 radical (unpaired) electrons. The Morgan fingerprint density at radius 1 is 1.23 bits per heavy atom. The van der Waals surface area contributed by atoms with Crippen LogP contribution in [0.5, 0.6) is 0 Å². The molecule has 26 heavy (non-hydrogen) atoms. The topological polar surface area (TPSA) is 85.5 Å². The van der Waals surface area contributed by atoms with Crippen molar-refractivity contribution in [2.45, 2.75) is 65.5 Å². The normalized spacial score (nSPS) is 14.3. The Labute approximate surface area is 156 Å². The number of hydrogen-bond donors (Lipinski definition) is 2. The summed E-state index contributed by atoms with van der Waals surface area (Å²) in [6, 6.07) is 0. The zero-order valence-electron chi connectivity index (χ0n) is 16.3. The molecule has 0 aromatic carbocycles. The molecule has 0 aliphatic carbocycles. The molecule has 0 atom stereocenters. The lowest BCUT2D eigenvalue weighted by molar-refractivity contribution is 0.143. The van der Waals surface area contributed by atoms with E-state index in [1.165, 1.54) is 0 Å². The number of fused-ring (bicyclic) bond motifs is 1. The zero-order chi connectivity index (χ0) is 18.6. The van der Waals surface area contributed by atoms with Gasteiger partial charge in [0.05, 0.1) is 0 Å². The summed E-state index contributed by atoms with van der Waals surface area (Å²) in [4.78, 5) is 16.9. The van der Waals surface area contributed by atoms with Crippen LogP contribution in [0.4, 0.5) is 0 Å². The second kappa shape index (κ2) is 11.7. The molecule has 1 aromatic rings. The lowest BCUT2D eigenvalue weighted by Gasteiger charge is -2.11. The molecule has 0 fully saturated rings. The molecule has 1 aliphatic heterocycles. The second-order valence-corrected chi connectivity index (χ2v) is 6.48. The fourth-order valence-corrected chi connectivity index (χ4v) is 3.03. The molecule has 2 rings (SSSR count). The van der Waals surface area contributed by atoms with E-state index in [9.17, 15) is 4.79 Å².